The highest BCUT2D eigenvalue weighted by Crippen LogP contribution is 2.28. The highest BCUT2D eigenvalue weighted by Gasteiger charge is 2.21. The van der Waals surface area contributed by atoms with Gasteiger partial charge >= 0.3 is 5.97 Å². The van der Waals surface area contributed by atoms with E-state index in [-0.39, 0.29) is 10.8 Å². The van der Waals surface area contributed by atoms with Gasteiger partial charge in [-0.3, -0.25) is 4.72 Å². The van der Waals surface area contributed by atoms with E-state index < -0.39 is 27.4 Å². The van der Waals surface area contributed by atoms with E-state index in [0.717, 1.165) is 30.2 Å². The zero-order chi connectivity index (χ0) is 17.9. The summed E-state index contributed by atoms with van der Waals surface area (Å²) in [4.78, 5) is 10.7. The minimum absolute atomic E-state index is 0.145. The number of carboxylic acids is 1. The summed E-state index contributed by atoms with van der Waals surface area (Å²) in [6.07, 6.45) is 0.832. The zero-order valence-electron chi connectivity index (χ0n) is 13.3. The van der Waals surface area contributed by atoms with E-state index in [9.17, 15) is 17.6 Å². The molecule has 0 aliphatic rings. The van der Waals surface area contributed by atoms with Crippen molar-refractivity contribution in [3.8, 4) is 0 Å². The summed E-state index contributed by atoms with van der Waals surface area (Å²) in [6.45, 7) is 3.97. The minimum Gasteiger partial charge on any atom is -0.478 e. The highest BCUT2D eigenvalue weighted by atomic mass is 32.2. The van der Waals surface area contributed by atoms with Crippen LogP contribution in [0, 0.1) is 5.82 Å². The Labute approximate surface area is 140 Å². The van der Waals surface area contributed by atoms with Gasteiger partial charge in [0.1, 0.15) is 5.82 Å². The standard InChI is InChI=1S/C17H18FNO4S/c1-3-11(2)13-6-4-5-7-16(13)19-24(22,23)12-8-9-15(18)14(10-12)17(20)21/h4-11,19H,3H2,1-2H3,(H,20,21)/t11-/m1/s1. The van der Waals surface area contributed by atoms with Crippen molar-refractivity contribution in [2.24, 2.45) is 0 Å². The molecule has 0 radical (unpaired) electrons. The van der Waals surface area contributed by atoms with Crippen molar-refractivity contribution in [1.82, 2.24) is 0 Å². The van der Waals surface area contributed by atoms with Crippen LogP contribution in [0.1, 0.15) is 42.1 Å². The van der Waals surface area contributed by atoms with Gasteiger partial charge in [0.15, 0.2) is 0 Å². The molecule has 5 nitrogen and oxygen atoms in total. The second-order valence-corrected chi connectivity index (χ2v) is 7.13. The van der Waals surface area contributed by atoms with Crippen molar-refractivity contribution in [2.45, 2.75) is 31.1 Å². The van der Waals surface area contributed by atoms with Crippen molar-refractivity contribution in [3.63, 3.8) is 0 Å². The topological polar surface area (TPSA) is 83.5 Å². The lowest BCUT2D eigenvalue weighted by molar-refractivity contribution is 0.0691. The SMILES string of the molecule is CC[C@@H](C)c1ccccc1NS(=O)(=O)c1ccc(F)c(C(=O)O)c1. The van der Waals surface area contributed by atoms with E-state index in [1.165, 1.54) is 0 Å². The maximum Gasteiger partial charge on any atom is 0.338 e. The van der Waals surface area contributed by atoms with E-state index in [0.29, 0.717) is 5.69 Å². The third-order valence-electron chi connectivity index (χ3n) is 3.83. The lowest BCUT2D eigenvalue weighted by atomic mass is 9.97. The number of hydrogen-bond acceptors (Lipinski definition) is 3. The number of aromatic carboxylic acids is 1. The minimum atomic E-state index is -4.03. The third kappa shape index (κ3) is 3.73. The van der Waals surface area contributed by atoms with E-state index in [2.05, 4.69) is 4.72 Å². The van der Waals surface area contributed by atoms with E-state index in [1.54, 1.807) is 12.1 Å². The Balaban J connectivity index is 2.43. The van der Waals surface area contributed by atoms with Crippen LogP contribution < -0.4 is 4.72 Å². The van der Waals surface area contributed by atoms with Gasteiger partial charge in [0.25, 0.3) is 10.0 Å². The van der Waals surface area contributed by atoms with Gasteiger partial charge in [-0.05, 0) is 42.2 Å². The Morgan fingerprint density at radius 2 is 1.92 bits per heavy atom. The Morgan fingerprint density at radius 1 is 1.25 bits per heavy atom. The summed E-state index contributed by atoms with van der Waals surface area (Å²) in [5.74, 6) is -2.36. The summed E-state index contributed by atoms with van der Waals surface area (Å²) < 4.78 is 41.0. The molecule has 0 aromatic heterocycles. The fourth-order valence-electron chi connectivity index (χ4n) is 2.28. The fraction of sp³-hybridized carbons (Fsp3) is 0.235. The van der Waals surface area contributed by atoms with Crippen molar-refractivity contribution in [1.29, 1.82) is 0 Å². The predicted molar refractivity (Wildman–Crippen MR) is 89.3 cm³/mol. The van der Waals surface area contributed by atoms with Crippen molar-refractivity contribution in [2.75, 3.05) is 4.72 Å². The molecule has 0 aliphatic heterocycles. The Morgan fingerprint density at radius 3 is 2.54 bits per heavy atom. The first-order chi connectivity index (χ1) is 11.3. The van der Waals surface area contributed by atoms with Gasteiger partial charge in [0.2, 0.25) is 0 Å². The number of anilines is 1. The van der Waals surface area contributed by atoms with E-state index >= 15 is 0 Å². The smallest absolute Gasteiger partial charge is 0.338 e. The molecule has 0 amide bonds. The molecule has 0 fully saturated rings. The molecule has 1 atom stereocenters. The average molecular weight is 351 g/mol. The van der Waals surface area contributed by atoms with Gasteiger partial charge in [0, 0.05) is 0 Å². The van der Waals surface area contributed by atoms with Crippen LogP contribution in [-0.4, -0.2) is 19.5 Å². The molecule has 0 unspecified atom stereocenters. The third-order valence-corrected chi connectivity index (χ3v) is 5.19. The molecule has 2 rings (SSSR count). The Hall–Kier alpha value is -2.41. The monoisotopic (exact) mass is 351 g/mol. The molecule has 0 saturated heterocycles. The highest BCUT2D eigenvalue weighted by molar-refractivity contribution is 7.92. The number of hydrogen-bond donors (Lipinski definition) is 2. The molecule has 0 spiro atoms. The number of sulfonamides is 1. The van der Waals surface area contributed by atoms with Gasteiger partial charge in [-0.15, -0.1) is 0 Å². The summed E-state index contributed by atoms with van der Waals surface area (Å²) in [6, 6.07) is 9.68. The Bertz CT molecular complexity index is 865. The molecule has 0 aliphatic carbocycles. The lowest BCUT2D eigenvalue weighted by Gasteiger charge is -2.16. The Kier molecular flexibility index (Phi) is 5.23. The molecule has 2 aromatic carbocycles. The largest absolute Gasteiger partial charge is 0.478 e. The molecular weight excluding hydrogens is 333 g/mol. The van der Waals surface area contributed by atoms with Crippen LogP contribution in [0.25, 0.3) is 0 Å². The van der Waals surface area contributed by atoms with E-state index in [4.69, 9.17) is 5.11 Å². The fourth-order valence-corrected chi connectivity index (χ4v) is 3.39. The predicted octanol–water partition coefficient (Wildman–Crippen LogP) is 3.84. The number of para-hydroxylation sites is 1. The van der Waals surface area contributed by atoms with Crippen LogP contribution in [0.5, 0.6) is 0 Å². The first kappa shape index (κ1) is 17.9. The maximum atomic E-state index is 13.5. The number of nitrogens with one attached hydrogen (secondary N) is 1. The summed E-state index contributed by atoms with van der Waals surface area (Å²) in [5, 5.41) is 8.94. The normalized spacial score (nSPS) is 12.6. The van der Waals surface area contributed by atoms with Crippen molar-refractivity contribution in [3.05, 3.63) is 59.4 Å². The quantitative estimate of drug-likeness (QED) is 0.828. The number of halogens is 1. The lowest BCUT2D eigenvalue weighted by Crippen LogP contribution is -2.16. The molecule has 24 heavy (non-hydrogen) atoms. The number of benzene rings is 2. The van der Waals surface area contributed by atoms with E-state index in [1.807, 2.05) is 26.0 Å². The maximum absolute atomic E-state index is 13.5. The second kappa shape index (κ2) is 7.00. The van der Waals surface area contributed by atoms with Gasteiger partial charge in [0.05, 0.1) is 16.1 Å². The number of carbonyl (C=O) groups is 1. The van der Waals surface area contributed by atoms with Crippen LogP contribution in [0.4, 0.5) is 10.1 Å². The van der Waals surface area contributed by atoms with Gasteiger partial charge in [-0.2, -0.15) is 0 Å². The zero-order valence-corrected chi connectivity index (χ0v) is 14.1. The molecule has 0 heterocycles. The van der Waals surface area contributed by atoms with Gasteiger partial charge in [-0.25, -0.2) is 17.6 Å². The van der Waals surface area contributed by atoms with Crippen LogP contribution in [0.15, 0.2) is 47.4 Å². The first-order valence-electron chi connectivity index (χ1n) is 7.41. The van der Waals surface area contributed by atoms with Gasteiger partial charge in [-0.1, -0.05) is 32.0 Å². The average Bonchev–Trinajstić information content (AvgIpc) is 2.54. The van der Waals surface area contributed by atoms with Crippen molar-refractivity contribution < 1.29 is 22.7 Å². The molecule has 2 aromatic rings. The summed E-state index contributed by atoms with van der Waals surface area (Å²) in [7, 11) is -4.03. The van der Waals surface area contributed by atoms with Crippen LogP contribution in [0.3, 0.4) is 0 Å². The molecule has 128 valence electrons. The number of rotatable bonds is 6. The van der Waals surface area contributed by atoms with Gasteiger partial charge < -0.3 is 5.11 Å². The molecule has 0 bridgehead atoms. The second-order valence-electron chi connectivity index (χ2n) is 5.45. The van der Waals surface area contributed by atoms with Crippen LogP contribution in [0.2, 0.25) is 0 Å². The van der Waals surface area contributed by atoms with Crippen LogP contribution >= 0.6 is 0 Å². The molecule has 0 saturated carbocycles. The van der Waals surface area contributed by atoms with Crippen LogP contribution in [-0.2, 0) is 10.0 Å². The van der Waals surface area contributed by atoms with Crippen molar-refractivity contribution >= 4 is 21.7 Å². The summed E-state index contributed by atoms with van der Waals surface area (Å²) in [5.41, 5.74) is 0.574. The summed E-state index contributed by atoms with van der Waals surface area (Å²) >= 11 is 0. The molecule has 7 heteroatoms. The molecule has 2 N–H and O–H groups in total. The first-order valence-corrected chi connectivity index (χ1v) is 8.89. The number of carboxylic acid groups (broad SMARTS) is 1. The molecular formula is C17H18FNO4S.